The summed E-state index contributed by atoms with van der Waals surface area (Å²) in [5.74, 6) is 0.547. The van der Waals surface area contributed by atoms with Gasteiger partial charge in [-0.2, -0.15) is 0 Å². The van der Waals surface area contributed by atoms with Gasteiger partial charge in [0.05, 0.1) is 32.3 Å². The van der Waals surface area contributed by atoms with Crippen LogP contribution in [0.25, 0.3) is 0 Å². The molecule has 6 nitrogen and oxygen atoms in total. The van der Waals surface area contributed by atoms with Crippen molar-refractivity contribution < 1.29 is 23.8 Å². The number of methoxy groups -OCH3 is 2. The zero-order valence-electron chi connectivity index (χ0n) is 20.3. The van der Waals surface area contributed by atoms with Crippen LogP contribution in [0.1, 0.15) is 55.9 Å². The first-order valence-corrected chi connectivity index (χ1v) is 12.4. The smallest absolute Gasteiger partial charge is 0.336 e. The zero-order chi connectivity index (χ0) is 24.4. The van der Waals surface area contributed by atoms with Crippen LogP contribution in [0.3, 0.4) is 0 Å². The van der Waals surface area contributed by atoms with Crippen molar-refractivity contribution in [1.29, 1.82) is 0 Å². The molecule has 180 valence electrons. The topological polar surface area (TPSA) is 73.9 Å². The van der Waals surface area contributed by atoms with Gasteiger partial charge in [-0.15, -0.1) is 11.3 Å². The Labute approximate surface area is 204 Å². The number of hydrogen-bond donors (Lipinski definition) is 1. The van der Waals surface area contributed by atoms with E-state index in [1.807, 2.05) is 50.4 Å². The maximum Gasteiger partial charge on any atom is 0.336 e. The molecule has 2 aromatic rings. The summed E-state index contributed by atoms with van der Waals surface area (Å²) in [6.45, 7) is 6.16. The minimum atomic E-state index is -0.599. The molecule has 0 amide bonds. The van der Waals surface area contributed by atoms with Crippen LogP contribution in [0.15, 0.2) is 58.3 Å². The van der Waals surface area contributed by atoms with Crippen LogP contribution in [-0.2, 0) is 14.3 Å². The predicted octanol–water partition coefficient (Wildman–Crippen LogP) is 5.33. The predicted molar refractivity (Wildman–Crippen MR) is 132 cm³/mol. The number of esters is 1. The third kappa shape index (κ3) is 4.62. The van der Waals surface area contributed by atoms with Crippen molar-refractivity contribution in [1.82, 2.24) is 5.32 Å². The van der Waals surface area contributed by atoms with Crippen LogP contribution in [0.5, 0.6) is 11.5 Å². The van der Waals surface area contributed by atoms with E-state index >= 15 is 0 Å². The Morgan fingerprint density at radius 2 is 1.97 bits per heavy atom. The molecule has 0 saturated carbocycles. The number of dihydropyridines is 1. The second-order valence-corrected chi connectivity index (χ2v) is 10.1. The molecule has 1 aromatic carbocycles. The van der Waals surface area contributed by atoms with Gasteiger partial charge in [-0.1, -0.05) is 19.9 Å². The average Bonchev–Trinajstić information content (AvgIpc) is 3.36. The Bertz CT molecular complexity index is 1150. The molecule has 1 aromatic heterocycles. The number of ketones is 1. The number of nitrogens with one attached hydrogen (secondary N) is 1. The number of hydrogen-bond acceptors (Lipinski definition) is 7. The van der Waals surface area contributed by atoms with E-state index in [0.29, 0.717) is 47.8 Å². The Balaban J connectivity index is 1.85. The van der Waals surface area contributed by atoms with E-state index in [9.17, 15) is 9.59 Å². The van der Waals surface area contributed by atoms with Crippen molar-refractivity contribution in [2.75, 3.05) is 20.8 Å². The molecule has 0 unspecified atom stereocenters. The summed E-state index contributed by atoms with van der Waals surface area (Å²) < 4.78 is 16.8. The number of ether oxygens (including phenoxy) is 3. The van der Waals surface area contributed by atoms with Crippen LogP contribution in [0.4, 0.5) is 0 Å². The third-order valence-electron chi connectivity index (χ3n) is 6.29. The molecule has 0 spiro atoms. The van der Waals surface area contributed by atoms with E-state index in [-0.39, 0.29) is 17.6 Å². The Morgan fingerprint density at radius 3 is 2.62 bits per heavy atom. The quantitative estimate of drug-likeness (QED) is 0.539. The molecule has 0 bridgehead atoms. The lowest BCUT2D eigenvalue weighted by atomic mass is 9.72. The van der Waals surface area contributed by atoms with Crippen molar-refractivity contribution in [3.63, 3.8) is 0 Å². The van der Waals surface area contributed by atoms with E-state index in [1.165, 1.54) is 4.88 Å². The van der Waals surface area contributed by atoms with Gasteiger partial charge in [-0.05, 0) is 48.9 Å². The van der Waals surface area contributed by atoms with Crippen molar-refractivity contribution in [3.05, 3.63) is 68.7 Å². The molecule has 2 atom stereocenters. The number of carbonyl (C=O) groups is 2. The summed E-state index contributed by atoms with van der Waals surface area (Å²) in [7, 11) is 3.18. The lowest BCUT2D eigenvalue weighted by molar-refractivity contribution is -0.140. The van der Waals surface area contributed by atoms with Crippen LogP contribution in [0.2, 0.25) is 0 Å². The average molecular weight is 482 g/mol. The molecule has 0 radical (unpaired) electrons. The second kappa shape index (κ2) is 10.1. The van der Waals surface area contributed by atoms with Gasteiger partial charge >= 0.3 is 5.97 Å². The molecular formula is C27H31NO5S. The number of Topliss-reactive ketones (excluding diaryl/α,β-unsaturated/α-hetero) is 1. The summed E-state index contributed by atoms with van der Waals surface area (Å²) in [5.41, 5.74) is 3.33. The van der Waals surface area contributed by atoms with E-state index < -0.39 is 11.9 Å². The summed E-state index contributed by atoms with van der Waals surface area (Å²) in [5, 5.41) is 5.43. The highest BCUT2D eigenvalue weighted by Crippen LogP contribution is 2.48. The van der Waals surface area contributed by atoms with Crippen LogP contribution in [-0.4, -0.2) is 32.6 Å². The highest BCUT2D eigenvalue weighted by atomic mass is 32.1. The van der Waals surface area contributed by atoms with Crippen molar-refractivity contribution >= 4 is 23.1 Å². The van der Waals surface area contributed by atoms with Gasteiger partial charge in [0.1, 0.15) is 11.5 Å². The third-order valence-corrected chi connectivity index (χ3v) is 7.32. The number of allylic oxidation sites excluding steroid dienone is 3. The van der Waals surface area contributed by atoms with Gasteiger partial charge in [0.15, 0.2) is 5.78 Å². The number of benzene rings is 1. The first kappa shape index (κ1) is 24.1. The van der Waals surface area contributed by atoms with Crippen molar-refractivity contribution in [2.45, 2.75) is 45.4 Å². The summed E-state index contributed by atoms with van der Waals surface area (Å²) in [6.07, 6.45) is 1.10. The van der Waals surface area contributed by atoms with E-state index in [2.05, 4.69) is 11.4 Å². The minimum Gasteiger partial charge on any atom is -0.497 e. The standard InChI is InChI=1S/C27H31NO5S/c1-15(2)14-33-27(30)24-16(3)28-20-11-17(23-7-6-10-34-23)12-21(29)26(20)25(24)19-13-18(31-4)8-9-22(19)32-5/h6-10,13,15,17,25,28H,11-12,14H2,1-5H3/t17-,25+/m1/s1. The van der Waals surface area contributed by atoms with Gasteiger partial charge in [-0.25, -0.2) is 4.79 Å². The molecule has 1 N–H and O–H groups in total. The SMILES string of the molecule is COc1ccc(OC)c([C@H]2C(C(=O)OCC(C)C)=C(C)NC3=C2C(=O)C[C@H](c2cccs2)C3)c1. The normalized spacial score (nSPS) is 20.2. The van der Waals surface area contributed by atoms with Gasteiger partial charge in [-0.3, -0.25) is 4.79 Å². The molecule has 0 saturated heterocycles. The summed E-state index contributed by atoms with van der Waals surface area (Å²) in [6, 6.07) is 9.56. The molecule has 4 rings (SSSR count). The number of thiophene rings is 1. The fourth-order valence-corrected chi connectivity index (χ4v) is 5.56. The molecule has 0 fully saturated rings. The molecule has 1 aliphatic carbocycles. The monoisotopic (exact) mass is 481 g/mol. The Morgan fingerprint density at radius 1 is 1.18 bits per heavy atom. The highest BCUT2D eigenvalue weighted by Gasteiger charge is 2.42. The summed E-state index contributed by atoms with van der Waals surface area (Å²) >= 11 is 1.67. The Kier molecular flexibility index (Phi) is 7.12. The fraction of sp³-hybridized carbons (Fsp3) is 0.407. The van der Waals surface area contributed by atoms with Crippen molar-refractivity contribution in [3.8, 4) is 11.5 Å². The first-order valence-electron chi connectivity index (χ1n) is 11.5. The van der Waals surface area contributed by atoms with Crippen LogP contribution in [0, 0.1) is 5.92 Å². The van der Waals surface area contributed by atoms with E-state index in [0.717, 1.165) is 11.3 Å². The van der Waals surface area contributed by atoms with E-state index in [1.54, 1.807) is 25.6 Å². The lowest BCUT2D eigenvalue weighted by Gasteiger charge is -2.37. The molecule has 2 heterocycles. The van der Waals surface area contributed by atoms with E-state index in [4.69, 9.17) is 14.2 Å². The second-order valence-electron chi connectivity index (χ2n) is 9.13. The molecule has 7 heteroatoms. The zero-order valence-corrected chi connectivity index (χ0v) is 21.1. The molecule has 34 heavy (non-hydrogen) atoms. The highest BCUT2D eigenvalue weighted by molar-refractivity contribution is 7.10. The van der Waals surface area contributed by atoms with Crippen LogP contribution < -0.4 is 14.8 Å². The van der Waals surface area contributed by atoms with Crippen molar-refractivity contribution in [2.24, 2.45) is 5.92 Å². The molecule has 1 aliphatic heterocycles. The fourth-order valence-electron chi connectivity index (χ4n) is 4.73. The summed E-state index contributed by atoms with van der Waals surface area (Å²) in [4.78, 5) is 28.2. The van der Waals surface area contributed by atoms with Gasteiger partial charge < -0.3 is 19.5 Å². The number of rotatable bonds is 7. The Hall–Kier alpha value is -3.06. The number of carbonyl (C=O) groups excluding carboxylic acids is 2. The minimum absolute atomic E-state index is 0.0312. The maximum absolute atomic E-state index is 13.7. The van der Waals surface area contributed by atoms with Gasteiger partial charge in [0.2, 0.25) is 0 Å². The lowest BCUT2D eigenvalue weighted by Crippen LogP contribution is -2.36. The molecular weight excluding hydrogens is 450 g/mol. The largest absolute Gasteiger partial charge is 0.497 e. The van der Waals surface area contributed by atoms with Gasteiger partial charge in [0, 0.05) is 39.7 Å². The molecule has 2 aliphatic rings. The van der Waals surface area contributed by atoms with Crippen LogP contribution >= 0.6 is 11.3 Å². The first-order chi connectivity index (χ1) is 16.3. The van der Waals surface area contributed by atoms with Gasteiger partial charge in [0.25, 0.3) is 0 Å². The maximum atomic E-state index is 13.7.